The molecule has 1 saturated carbocycles. The summed E-state index contributed by atoms with van der Waals surface area (Å²) in [4.78, 5) is 21.6. The molecule has 6 nitrogen and oxygen atoms in total. The number of amides is 2. The Morgan fingerprint density at radius 2 is 2.18 bits per heavy atom. The zero-order valence-electron chi connectivity index (χ0n) is 10.1. The summed E-state index contributed by atoms with van der Waals surface area (Å²) in [5, 5.41) is 13.5. The summed E-state index contributed by atoms with van der Waals surface area (Å²) in [6.45, 7) is 3.36. The van der Waals surface area contributed by atoms with Gasteiger partial charge in [-0.25, -0.2) is 4.79 Å². The molecule has 1 aliphatic rings. The fourth-order valence-corrected chi connectivity index (χ4v) is 1.22. The molecular formula is C11H20N2O4. The minimum atomic E-state index is -1.05. The van der Waals surface area contributed by atoms with Gasteiger partial charge in [0.25, 0.3) is 0 Å². The molecule has 98 valence electrons. The SMILES string of the molecule is C[C@@H](NC(=O)NCCCOCC1CC1)C(=O)O. The smallest absolute Gasteiger partial charge is 0.325 e. The minimum absolute atomic E-state index is 0.456. The molecule has 0 spiro atoms. The molecule has 6 heteroatoms. The molecule has 0 saturated heterocycles. The van der Waals surface area contributed by atoms with Gasteiger partial charge in [-0.3, -0.25) is 4.79 Å². The molecule has 1 rings (SSSR count). The van der Waals surface area contributed by atoms with Gasteiger partial charge in [0.2, 0.25) is 0 Å². The van der Waals surface area contributed by atoms with Crippen LogP contribution in [0.15, 0.2) is 0 Å². The first kappa shape index (κ1) is 13.8. The number of carbonyl (C=O) groups excluding carboxylic acids is 1. The van der Waals surface area contributed by atoms with Crippen molar-refractivity contribution in [3.05, 3.63) is 0 Å². The van der Waals surface area contributed by atoms with Gasteiger partial charge in [0, 0.05) is 19.8 Å². The molecule has 0 aromatic heterocycles. The third-order valence-electron chi connectivity index (χ3n) is 2.52. The Bertz CT molecular complexity index is 266. The van der Waals surface area contributed by atoms with Crippen LogP contribution in [0.25, 0.3) is 0 Å². The molecule has 3 N–H and O–H groups in total. The van der Waals surface area contributed by atoms with Gasteiger partial charge < -0.3 is 20.5 Å². The summed E-state index contributed by atoms with van der Waals surface area (Å²) in [7, 11) is 0. The van der Waals surface area contributed by atoms with Crippen LogP contribution in [0, 0.1) is 5.92 Å². The highest BCUT2D eigenvalue weighted by molar-refractivity contribution is 5.82. The molecule has 1 fully saturated rings. The van der Waals surface area contributed by atoms with E-state index in [4.69, 9.17) is 9.84 Å². The van der Waals surface area contributed by atoms with Gasteiger partial charge in [-0.2, -0.15) is 0 Å². The van der Waals surface area contributed by atoms with E-state index in [1.54, 1.807) is 0 Å². The Hall–Kier alpha value is -1.30. The van der Waals surface area contributed by atoms with Crippen LogP contribution in [0.5, 0.6) is 0 Å². The van der Waals surface area contributed by atoms with Crippen molar-refractivity contribution in [3.8, 4) is 0 Å². The Kier molecular flexibility index (Phi) is 5.76. The summed E-state index contributed by atoms with van der Waals surface area (Å²) < 4.78 is 5.39. The fraction of sp³-hybridized carbons (Fsp3) is 0.818. The number of carboxylic acid groups (broad SMARTS) is 1. The predicted molar refractivity (Wildman–Crippen MR) is 61.8 cm³/mol. The van der Waals surface area contributed by atoms with Gasteiger partial charge in [0.15, 0.2) is 0 Å². The Morgan fingerprint density at radius 3 is 2.76 bits per heavy atom. The van der Waals surface area contributed by atoms with Crippen LogP contribution < -0.4 is 10.6 Å². The van der Waals surface area contributed by atoms with Crippen LogP contribution in [0.1, 0.15) is 26.2 Å². The maximum atomic E-state index is 11.2. The number of carboxylic acids is 1. The lowest BCUT2D eigenvalue weighted by molar-refractivity contribution is -0.138. The molecule has 0 aliphatic heterocycles. The second kappa shape index (κ2) is 7.11. The summed E-state index contributed by atoms with van der Waals surface area (Å²) in [5.41, 5.74) is 0. The van der Waals surface area contributed by atoms with Crippen LogP contribution in [0.2, 0.25) is 0 Å². The van der Waals surface area contributed by atoms with Crippen molar-refractivity contribution < 1.29 is 19.4 Å². The second-order valence-corrected chi connectivity index (χ2v) is 4.33. The highest BCUT2D eigenvalue weighted by Gasteiger charge is 2.20. The van der Waals surface area contributed by atoms with Crippen molar-refractivity contribution in [2.75, 3.05) is 19.8 Å². The molecule has 0 bridgehead atoms. The average molecular weight is 244 g/mol. The molecule has 0 radical (unpaired) electrons. The zero-order chi connectivity index (χ0) is 12.7. The largest absolute Gasteiger partial charge is 0.480 e. The fourth-order valence-electron chi connectivity index (χ4n) is 1.22. The molecule has 0 aromatic rings. The van der Waals surface area contributed by atoms with Gasteiger partial charge in [-0.05, 0) is 32.1 Å². The summed E-state index contributed by atoms with van der Waals surface area (Å²) in [6, 6.07) is -1.33. The third kappa shape index (κ3) is 6.78. The van der Waals surface area contributed by atoms with E-state index in [-0.39, 0.29) is 0 Å². The quantitative estimate of drug-likeness (QED) is 0.545. The van der Waals surface area contributed by atoms with Crippen molar-refractivity contribution in [2.24, 2.45) is 5.92 Å². The van der Waals surface area contributed by atoms with Crippen LogP contribution in [-0.4, -0.2) is 42.9 Å². The van der Waals surface area contributed by atoms with Crippen molar-refractivity contribution in [2.45, 2.75) is 32.2 Å². The van der Waals surface area contributed by atoms with Gasteiger partial charge in [0.05, 0.1) is 0 Å². The van der Waals surface area contributed by atoms with Gasteiger partial charge in [0.1, 0.15) is 6.04 Å². The van der Waals surface area contributed by atoms with Gasteiger partial charge in [-0.15, -0.1) is 0 Å². The van der Waals surface area contributed by atoms with Gasteiger partial charge in [-0.1, -0.05) is 0 Å². The Balaban J connectivity index is 1.90. The first-order valence-corrected chi connectivity index (χ1v) is 5.94. The minimum Gasteiger partial charge on any atom is -0.480 e. The van der Waals surface area contributed by atoms with Crippen LogP contribution in [-0.2, 0) is 9.53 Å². The van der Waals surface area contributed by atoms with Crippen molar-refractivity contribution in [1.29, 1.82) is 0 Å². The molecular weight excluding hydrogens is 224 g/mol. The number of rotatable bonds is 8. The average Bonchev–Trinajstić information content (AvgIpc) is 3.06. The monoisotopic (exact) mass is 244 g/mol. The van der Waals surface area contributed by atoms with E-state index in [1.165, 1.54) is 19.8 Å². The summed E-state index contributed by atoms with van der Waals surface area (Å²) >= 11 is 0. The Morgan fingerprint density at radius 1 is 1.47 bits per heavy atom. The van der Waals surface area contributed by atoms with E-state index in [9.17, 15) is 9.59 Å². The zero-order valence-corrected chi connectivity index (χ0v) is 10.1. The van der Waals surface area contributed by atoms with Crippen molar-refractivity contribution >= 4 is 12.0 Å². The maximum Gasteiger partial charge on any atom is 0.325 e. The number of nitrogens with one attached hydrogen (secondary N) is 2. The molecule has 0 aromatic carbocycles. The van der Waals surface area contributed by atoms with Crippen LogP contribution >= 0.6 is 0 Å². The first-order valence-electron chi connectivity index (χ1n) is 5.94. The van der Waals surface area contributed by atoms with E-state index < -0.39 is 18.0 Å². The summed E-state index contributed by atoms with van der Waals surface area (Å²) in [5.74, 6) is -0.296. The van der Waals surface area contributed by atoms with Crippen molar-refractivity contribution in [3.63, 3.8) is 0 Å². The number of hydrogen-bond donors (Lipinski definition) is 3. The molecule has 0 unspecified atom stereocenters. The topological polar surface area (TPSA) is 87.7 Å². The molecule has 1 atom stereocenters. The first-order chi connectivity index (χ1) is 8.09. The Labute approximate surface area is 101 Å². The van der Waals surface area contributed by atoms with Crippen LogP contribution in [0.4, 0.5) is 4.79 Å². The molecule has 1 aliphatic carbocycles. The lowest BCUT2D eigenvalue weighted by atomic mass is 10.3. The van der Waals surface area contributed by atoms with Gasteiger partial charge >= 0.3 is 12.0 Å². The lowest BCUT2D eigenvalue weighted by Crippen LogP contribution is -2.44. The number of urea groups is 1. The number of ether oxygens (including phenoxy) is 1. The van der Waals surface area contributed by atoms with E-state index >= 15 is 0 Å². The number of hydrogen-bond acceptors (Lipinski definition) is 3. The second-order valence-electron chi connectivity index (χ2n) is 4.33. The van der Waals surface area contributed by atoms with Crippen LogP contribution in [0.3, 0.4) is 0 Å². The molecule has 0 heterocycles. The van der Waals surface area contributed by atoms with E-state index in [2.05, 4.69) is 10.6 Å². The molecule has 2 amide bonds. The highest BCUT2D eigenvalue weighted by atomic mass is 16.5. The maximum absolute atomic E-state index is 11.2. The number of aliphatic carboxylic acids is 1. The summed E-state index contributed by atoms with van der Waals surface area (Å²) in [6.07, 6.45) is 3.28. The predicted octanol–water partition coefficient (Wildman–Crippen LogP) is 0.575. The van der Waals surface area contributed by atoms with E-state index in [0.29, 0.717) is 13.2 Å². The van der Waals surface area contributed by atoms with E-state index in [0.717, 1.165) is 18.9 Å². The highest BCUT2D eigenvalue weighted by Crippen LogP contribution is 2.28. The van der Waals surface area contributed by atoms with E-state index in [1.807, 2.05) is 0 Å². The third-order valence-corrected chi connectivity index (χ3v) is 2.52. The molecule has 17 heavy (non-hydrogen) atoms. The lowest BCUT2D eigenvalue weighted by Gasteiger charge is -2.10. The standard InChI is InChI=1S/C11H20N2O4/c1-8(10(14)15)13-11(16)12-5-2-6-17-7-9-3-4-9/h8-9H,2-7H2,1H3,(H,14,15)(H2,12,13,16)/t8-/m1/s1. The number of carbonyl (C=O) groups is 2. The normalized spacial score (nSPS) is 16.3. The van der Waals surface area contributed by atoms with Crippen molar-refractivity contribution in [1.82, 2.24) is 10.6 Å².